The van der Waals surface area contributed by atoms with Crippen molar-refractivity contribution >= 4 is 40.8 Å². The van der Waals surface area contributed by atoms with Crippen molar-refractivity contribution in [2.75, 3.05) is 4.90 Å². The van der Waals surface area contributed by atoms with Crippen LogP contribution < -0.4 is 20.7 Å². The van der Waals surface area contributed by atoms with Crippen molar-refractivity contribution in [2.24, 2.45) is 5.73 Å². The minimum absolute atomic E-state index is 0.0219. The summed E-state index contributed by atoms with van der Waals surface area (Å²) in [6.45, 7) is 3.26. The lowest BCUT2D eigenvalue weighted by molar-refractivity contribution is -0.135. The second kappa shape index (κ2) is 8.99. The van der Waals surface area contributed by atoms with Gasteiger partial charge in [-0.15, -0.1) is 0 Å². The zero-order valence-corrected chi connectivity index (χ0v) is 19.8. The molecule has 3 N–H and O–H groups in total. The Hall–Kier alpha value is -2.58. The van der Waals surface area contributed by atoms with Crippen LogP contribution in [0.1, 0.15) is 49.9 Å². The summed E-state index contributed by atoms with van der Waals surface area (Å²) >= 11 is 11.9. The number of rotatable bonds is 6. The van der Waals surface area contributed by atoms with Crippen molar-refractivity contribution in [2.45, 2.75) is 63.3 Å². The molecule has 4 rings (SSSR count). The number of ether oxygens (including phenoxy) is 1. The van der Waals surface area contributed by atoms with Gasteiger partial charge in [-0.05, 0) is 63.8 Å². The van der Waals surface area contributed by atoms with Gasteiger partial charge < -0.3 is 20.7 Å². The van der Waals surface area contributed by atoms with Gasteiger partial charge in [-0.25, -0.2) is 9.37 Å². The van der Waals surface area contributed by atoms with Crippen molar-refractivity contribution in [3.05, 3.63) is 51.9 Å². The number of amides is 2. The van der Waals surface area contributed by atoms with Crippen LogP contribution in [0.4, 0.5) is 10.2 Å². The van der Waals surface area contributed by atoms with E-state index >= 15 is 0 Å². The normalized spacial score (nSPS) is 22.2. The number of hydrogen-bond acceptors (Lipinski definition) is 5. The predicted molar refractivity (Wildman–Crippen MR) is 124 cm³/mol. The molecule has 1 aromatic carbocycles. The Labute approximate surface area is 201 Å². The Balaban J connectivity index is 1.41. The minimum Gasteiger partial charge on any atom is -0.476 e. The Morgan fingerprint density at radius 2 is 1.82 bits per heavy atom. The average Bonchev–Trinajstić information content (AvgIpc) is 3.04. The molecule has 7 nitrogen and oxygen atoms in total. The SMILES string of the molecule is CC(C)(Oc1ccc(F)c(Cl)c1Cl)C(=O)NC1CC2CCC(C1)N2c1ccc(C(N)=O)cn1. The highest BCUT2D eigenvalue weighted by Gasteiger charge is 2.43. The van der Waals surface area contributed by atoms with Gasteiger partial charge in [-0.3, -0.25) is 9.59 Å². The minimum atomic E-state index is -1.24. The van der Waals surface area contributed by atoms with E-state index in [9.17, 15) is 14.0 Å². The lowest BCUT2D eigenvalue weighted by atomic mass is 9.96. The van der Waals surface area contributed by atoms with E-state index in [4.69, 9.17) is 33.7 Å². The summed E-state index contributed by atoms with van der Waals surface area (Å²) < 4.78 is 19.4. The summed E-state index contributed by atoms with van der Waals surface area (Å²) in [7, 11) is 0. The first-order valence-electron chi connectivity index (χ1n) is 10.7. The van der Waals surface area contributed by atoms with E-state index in [0.717, 1.165) is 37.6 Å². The van der Waals surface area contributed by atoms with Gasteiger partial charge in [0.15, 0.2) is 5.60 Å². The third-order valence-electron chi connectivity index (χ3n) is 6.28. The van der Waals surface area contributed by atoms with E-state index in [-0.39, 0.29) is 39.8 Å². The fraction of sp³-hybridized carbons (Fsp3) is 0.435. The summed E-state index contributed by atoms with van der Waals surface area (Å²) in [5.74, 6) is -0.502. The van der Waals surface area contributed by atoms with E-state index in [0.29, 0.717) is 5.56 Å². The van der Waals surface area contributed by atoms with Crippen molar-refractivity contribution in [3.63, 3.8) is 0 Å². The van der Waals surface area contributed by atoms with Gasteiger partial charge in [-0.2, -0.15) is 0 Å². The maximum Gasteiger partial charge on any atom is 0.263 e. The molecule has 1 aromatic heterocycles. The molecule has 0 radical (unpaired) electrons. The Morgan fingerprint density at radius 1 is 1.15 bits per heavy atom. The van der Waals surface area contributed by atoms with E-state index in [1.807, 2.05) is 6.07 Å². The standard InChI is InChI=1S/C23H25Cl2FN4O3/c1-23(2,33-17-7-6-16(26)19(24)20(17)25)22(32)29-13-9-14-4-5-15(10-13)30(14)18-8-3-12(11-28-18)21(27)31/h3,6-8,11,13-15H,4-5,9-10H2,1-2H3,(H2,27,31)(H,29,32). The highest BCUT2D eigenvalue weighted by atomic mass is 35.5. The van der Waals surface area contributed by atoms with Crippen LogP contribution in [0.25, 0.3) is 0 Å². The topological polar surface area (TPSA) is 97.5 Å². The van der Waals surface area contributed by atoms with Gasteiger partial charge in [0, 0.05) is 24.3 Å². The Kier molecular flexibility index (Phi) is 6.42. The molecular formula is C23H25Cl2FN4O3. The molecule has 2 fully saturated rings. The van der Waals surface area contributed by atoms with Crippen molar-refractivity contribution < 1.29 is 18.7 Å². The number of anilines is 1. The zero-order chi connectivity index (χ0) is 23.9. The van der Waals surface area contributed by atoms with Gasteiger partial charge in [0.25, 0.3) is 5.91 Å². The number of pyridine rings is 1. The van der Waals surface area contributed by atoms with Crippen LogP contribution in [-0.4, -0.2) is 40.5 Å². The molecule has 2 aliphatic rings. The number of nitrogens with two attached hydrogens (primary N) is 1. The molecule has 2 saturated heterocycles. The molecule has 10 heteroatoms. The summed E-state index contributed by atoms with van der Waals surface area (Å²) in [5, 5.41) is 2.79. The van der Waals surface area contributed by atoms with Crippen LogP contribution >= 0.6 is 23.2 Å². The fourth-order valence-corrected chi connectivity index (χ4v) is 4.97. The molecule has 2 atom stereocenters. The molecular weight excluding hydrogens is 470 g/mol. The monoisotopic (exact) mass is 494 g/mol. The average molecular weight is 495 g/mol. The maximum atomic E-state index is 13.6. The number of primary amides is 1. The lowest BCUT2D eigenvalue weighted by Gasteiger charge is -2.40. The van der Waals surface area contributed by atoms with Gasteiger partial charge >= 0.3 is 0 Å². The van der Waals surface area contributed by atoms with Crippen LogP contribution in [0.2, 0.25) is 10.0 Å². The quantitative estimate of drug-likeness (QED) is 0.589. The third kappa shape index (κ3) is 4.73. The molecule has 0 aliphatic carbocycles. The summed E-state index contributed by atoms with van der Waals surface area (Å²) in [5.41, 5.74) is 4.44. The lowest BCUT2D eigenvalue weighted by Crippen LogP contribution is -2.55. The van der Waals surface area contributed by atoms with Gasteiger partial charge in [0.1, 0.15) is 22.4 Å². The fourth-order valence-electron chi connectivity index (χ4n) is 4.62. The van der Waals surface area contributed by atoms with Crippen LogP contribution in [0.3, 0.4) is 0 Å². The smallest absolute Gasteiger partial charge is 0.263 e. The third-order valence-corrected chi connectivity index (χ3v) is 7.12. The molecule has 2 bridgehead atoms. The highest BCUT2D eigenvalue weighted by Crippen LogP contribution is 2.39. The first kappa shape index (κ1) is 23.6. The number of nitrogens with one attached hydrogen (secondary N) is 1. The van der Waals surface area contributed by atoms with Crippen molar-refractivity contribution in [1.29, 1.82) is 0 Å². The second-order valence-corrected chi connectivity index (χ2v) is 9.75. The molecule has 2 amide bonds. The van der Waals surface area contributed by atoms with E-state index in [1.165, 1.54) is 12.3 Å². The van der Waals surface area contributed by atoms with Crippen molar-refractivity contribution in [1.82, 2.24) is 10.3 Å². The zero-order valence-electron chi connectivity index (χ0n) is 18.3. The summed E-state index contributed by atoms with van der Waals surface area (Å²) in [4.78, 5) is 31.0. The molecule has 0 spiro atoms. The first-order valence-corrected chi connectivity index (χ1v) is 11.5. The molecule has 0 saturated carbocycles. The van der Waals surface area contributed by atoms with Crippen LogP contribution in [0, 0.1) is 5.82 Å². The number of hydrogen-bond donors (Lipinski definition) is 2. The van der Waals surface area contributed by atoms with E-state index in [2.05, 4.69) is 15.2 Å². The number of piperidine rings is 1. The summed E-state index contributed by atoms with van der Waals surface area (Å²) in [6.07, 6.45) is 5.03. The molecule has 176 valence electrons. The number of nitrogens with zero attached hydrogens (tertiary/aromatic N) is 2. The molecule has 2 unspecified atom stereocenters. The first-order chi connectivity index (χ1) is 15.6. The number of carbonyl (C=O) groups is 2. The molecule has 33 heavy (non-hydrogen) atoms. The number of benzene rings is 1. The number of carbonyl (C=O) groups excluding carboxylic acids is 2. The second-order valence-electron chi connectivity index (χ2n) is 8.99. The van der Waals surface area contributed by atoms with Crippen LogP contribution in [0.15, 0.2) is 30.5 Å². The van der Waals surface area contributed by atoms with Crippen LogP contribution in [0.5, 0.6) is 5.75 Å². The molecule has 2 aromatic rings. The number of aromatic nitrogens is 1. The van der Waals surface area contributed by atoms with Gasteiger partial charge in [0.2, 0.25) is 5.91 Å². The van der Waals surface area contributed by atoms with Crippen LogP contribution in [-0.2, 0) is 4.79 Å². The van der Waals surface area contributed by atoms with E-state index < -0.39 is 17.3 Å². The predicted octanol–water partition coefficient (Wildman–Crippen LogP) is 4.10. The number of fused-ring (bicyclic) bond motifs is 2. The Morgan fingerprint density at radius 3 is 2.39 bits per heavy atom. The molecule has 2 aliphatic heterocycles. The van der Waals surface area contributed by atoms with Gasteiger partial charge in [0.05, 0.1) is 10.6 Å². The summed E-state index contributed by atoms with van der Waals surface area (Å²) in [6, 6.07) is 6.45. The van der Waals surface area contributed by atoms with Gasteiger partial charge in [-0.1, -0.05) is 23.2 Å². The number of halogens is 3. The molecule has 3 heterocycles. The van der Waals surface area contributed by atoms with Crippen molar-refractivity contribution in [3.8, 4) is 5.75 Å². The maximum absolute atomic E-state index is 13.6. The largest absolute Gasteiger partial charge is 0.476 e. The Bertz CT molecular complexity index is 1070. The van der Waals surface area contributed by atoms with E-state index in [1.54, 1.807) is 19.9 Å². The highest BCUT2D eigenvalue weighted by molar-refractivity contribution is 6.43.